The number of halogens is 4. The van der Waals surface area contributed by atoms with E-state index in [9.17, 15) is 18.0 Å². The lowest BCUT2D eigenvalue weighted by molar-refractivity contribution is -0.137. The molecule has 138 valence electrons. The fraction of sp³-hybridized carbons (Fsp3) is 0.316. The van der Waals surface area contributed by atoms with Crippen molar-refractivity contribution in [1.29, 1.82) is 0 Å². The molecule has 2 aromatic carbocycles. The van der Waals surface area contributed by atoms with Crippen molar-refractivity contribution in [3.05, 3.63) is 64.2 Å². The van der Waals surface area contributed by atoms with Gasteiger partial charge >= 0.3 is 6.18 Å². The second-order valence-corrected chi connectivity index (χ2v) is 6.65. The minimum atomic E-state index is -4.54. The number of hydrogen-bond acceptors (Lipinski definition) is 3. The molecule has 0 radical (unpaired) electrons. The van der Waals surface area contributed by atoms with Crippen LogP contribution < -0.4 is 4.90 Å². The van der Waals surface area contributed by atoms with Gasteiger partial charge in [-0.25, -0.2) is 0 Å². The van der Waals surface area contributed by atoms with E-state index in [0.29, 0.717) is 30.3 Å². The molecule has 0 N–H and O–H groups in total. The molecular weight excluding hydrogens is 365 g/mol. The number of hydrogen-bond donors (Lipinski definition) is 0. The van der Waals surface area contributed by atoms with E-state index in [1.807, 2.05) is 29.2 Å². The first kappa shape index (κ1) is 18.7. The van der Waals surface area contributed by atoms with Gasteiger partial charge in [-0.3, -0.25) is 9.69 Å². The van der Waals surface area contributed by atoms with Gasteiger partial charge in [-0.1, -0.05) is 29.8 Å². The Morgan fingerprint density at radius 1 is 1.04 bits per heavy atom. The van der Waals surface area contributed by atoms with Gasteiger partial charge in [0.25, 0.3) is 0 Å². The fourth-order valence-corrected chi connectivity index (χ4v) is 3.32. The Morgan fingerprint density at radius 2 is 1.73 bits per heavy atom. The van der Waals surface area contributed by atoms with Gasteiger partial charge in [0.05, 0.1) is 5.56 Å². The molecule has 0 aromatic heterocycles. The summed E-state index contributed by atoms with van der Waals surface area (Å²) in [7, 11) is 0. The molecule has 2 aromatic rings. The highest BCUT2D eigenvalue weighted by Crippen LogP contribution is 2.34. The van der Waals surface area contributed by atoms with E-state index >= 15 is 0 Å². The summed E-state index contributed by atoms with van der Waals surface area (Å²) >= 11 is 6.18. The molecule has 3 rings (SSSR count). The fourth-order valence-electron chi connectivity index (χ4n) is 3.12. The zero-order valence-electron chi connectivity index (χ0n) is 14.0. The van der Waals surface area contributed by atoms with Crippen molar-refractivity contribution in [3.63, 3.8) is 0 Å². The standard InChI is InChI=1S/C19H18ClF3N2O/c20-18-4-2-1-3-14(18)12-24-7-9-25(10-8-24)16-6-5-15(13-26)17(11-16)19(21,22)23/h1-6,11,13H,7-10,12H2. The van der Waals surface area contributed by atoms with Gasteiger partial charge in [-0.05, 0) is 29.8 Å². The zero-order valence-corrected chi connectivity index (χ0v) is 14.7. The average Bonchev–Trinajstić information content (AvgIpc) is 2.63. The first-order valence-electron chi connectivity index (χ1n) is 8.25. The van der Waals surface area contributed by atoms with Gasteiger partial charge in [0, 0.05) is 49.0 Å². The summed E-state index contributed by atoms with van der Waals surface area (Å²) in [6, 6.07) is 11.5. The van der Waals surface area contributed by atoms with Crippen LogP contribution in [0.25, 0.3) is 0 Å². The van der Waals surface area contributed by atoms with Crippen molar-refractivity contribution >= 4 is 23.6 Å². The molecule has 0 aliphatic carbocycles. The van der Waals surface area contributed by atoms with Gasteiger partial charge in [0.2, 0.25) is 0 Å². The summed E-state index contributed by atoms with van der Waals surface area (Å²) < 4.78 is 39.4. The summed E-state index contributed by atoms with van der Waals surface area (Å²) in [5.74, 6) is 0. The summed E-state index contributed by atoms with van der Waals surface area (Å²) in [6.45, 7) is 3.39. The second kappa shape index (κ2) is 7.68. The predicted octanol–water partition coefficient (Wildman–Crippen LogP) is 4.49. The Balaban J connectivity index is 1.68. The summed E-state index contributed by atoms with van der Waals surface area (Å²) in [5, 5.41) is 0.717. The minimum absolute atomic E-state index is 0.244. The third-order valence-electron chi connectivity index (χ3n) is 4.56. The molecule has 1 saturated heterocycles. The Kier molecular flexibility index (Phi) is 5.53. The molecule has 0 saturated carbocycles. The van der Waals surface area contributed by atoms with Gasteiger partial charge in [0.15, 0.2) is 6.29 Å². The Bertz CT molecular complexity index is 787. The quantitative estimate of drug-likeness (QED) is 0.728. The molecule has 0 amide bonds. The van der Waals surface area contributed by atoms with Crippen LogP contribution in [0, 0.1) is 0 Å². The van der Waals surface area contributed by atoms with Crippen molar-refractivity contribution in [2.75, 3.05) is 31.1 Å². The average molecular weight is 383 g/mol. The van der Waals surface area contributed by atoms with Crippen LogP contribution in [0.5, 0.6) is 0 Å². The third kappa shape index (κ3) is 4.19. The zero-order chi connectivity index (χ0) is 18.7. The van der Waals surface area contributed by atoms with E-state index in [1.54, 1.807) is 6.07 Å². The van der Waals surface area contributed by atoms with Crippen molar-refractivity contribution < 1.29 is 18.0 Å². The molecule has 1 fully saturated rings. The topological polar surface area (TPSA) is 23.6 Å². The molecule has 0 bridgehead atoms. The Hall–Kier alpha value is -2.05. The van der Waals surface area contributed by atoms with E-state index in [1.165, 1.54) is 6.07 Å². The molecule has 0 unspecified atom stereocenters. The second-order valence-electron chi connectivity index (χ2n) is 6.24. The smallest absolute Gasteiger partial charge is 0.369 e. The molecular formula is C19H18ClF3N2O. The monoisotopic (exact) mass is 382 g/mol. The van der Waals surface area contributed by atoms with Crippen LogP contribution >= 0.6 is 11.6 Å². The lowest BCUT2D eigenvalue weighted by Gasteiger charge is -2.36. The third-order valence-corrected chi connectivity index (χ3v) is 4.93. The molecule has 0 spiro atoms. The maximum atomic E-state index is 13.1. The maximum absolute atomic E-state index is 13.1. The van der Waals surface area contributed by atoms with E-state index in [4.69, 9.17) is 11.6 Å². The van der Waals surface area contributed by atoms with Gasteiger partial charge < -0.3 is 4.90 Å². The summed E-state index contributed by atoms with van der Waals surface area (Å²) in [4.78, 5) is 15.0. The predicted molar refractivity (Wildman–Crippen MR) is 95.8 cm³/mol. The Labute approximate surface area is 155 Å². The highest BCUT2D eigenvalue weighted by molar-refractivity contribution is 6.31. The molecule has 26 heavy (non-hydrogen) atoms. The lowest BCUT2D eigenvalue weighted by Crippen LogP contribution is -2.46. The van der Waals surface area contributed by atoms with Crippen molar-refractivity contribution in [2.45, 2.75) is 12.7 Å². The maximum Gasteiger partial charge on any atom is 0.417 e. The number of benzene rings is 2. The summed E-state index contributed by atoms with van der Waals surface area (Å²) in [6.07, 6.45) is -4.30. The SMILES string of the molecule is O=Cc1ccc(N2CCN(Cc3ccccc3Cl)CC2)cc1C(F)(F)F. The van der Waals surface area contributed by atoms with Crippen molar-refractivity contribution in [3.8, 4) is 0 Å². The highest BCUT2D eigenvalue weighted by Gasteiger charge is 2.34. The number of piperazine rings is 1. The van der Waals surface area contributed by atoms with Crippen LogP contribution in [-0.2, 0) is 12.7 Å². The van der Waals surface area contributed by atoms with Gasteiger partial charge in [-0.2, -0.15) is 13.2 Å². The number of carbonyl (C=O) groups excluding carboxylic acids is 1. The van der Waals surface area contributed by atoms with Gasteiger partial charge in [0.1, 0.15) is 0 Å². The number of carbonyl (C=O) groups is 1. The van der Waals surface area contributed by atoms with Crippen LogP contribution in [0.1, 0.15) is 21.5 Å². The Morgan fingerprint density at radius 3 is 2.35 bits per heavy atom. The van der Waals surface area contributed by atoms with Crippen LogP contribution in [0.4, 0.5) is 18.9 Å². The summed E-state index contributed by atoms with van der Waals surface area (Å²) in [5.41, 5.74) is 0.305. The van der Waals surface area contributed by atoms with Crippen molar-refractivity contribution in [1.82, 2.24) is 4.90 Å². The van der Waals surface area contributed by atoms with Crippen LogP contribution in [0.3, 0.4) is 0 Å². The van der Waals surface area contributed by atoms with E-state index in [-0.39, 0.29) is 11.8 Å². The van der Waals surface area contributed by atoms with Crippen molar-refractivity contribution in [2.24, 2.45) is 0 Å². The van der Waals surface area contributed by atoms with E-state index < -0.39 is 11.7 Å². The first-order valence-corrected chi connectivity index (χ1v) is 8.63. The van der Waals surface area contributed by atoms with Crippen LogP contribution in [0.2, 0.25) is 5.02 Å². The number of aldehydes is 1. The first-order chi connectivity index (χ1) is 12.4. The molecule has 3 nitrogen and oxygen atoms in total. The van der Waals surface area contributed by atoms with Gasteiger partial charge in [-0.15, -0.1) is 0 Å². The van der Waals surface area contributed by atoms with E-state index in [0.717, 1.165) is 24.7 Å². The van der Waals surface area contributed by atoms with Crippen LogP contribution in [0.15, 0.2) is 42.5 Å². The van der Waals surface area contributed by atoms with E-state index in [2.05, 4.69) is 4.90 Å². The number of anilines is 1. The molecule has 1 aliphatic rings. The molecule has 0 atom stereocenters. The number of alkyl halides is 3. The normalized spacial score (nSPS) is 15.9. The molecule has 7 heteroatoms. The highest BCUT2D eigenvalue weighted by atomic mass is 35.5. The largest absolute Gasteiger partial charge is 0.417 e. The molecule has 1 aliphatic heterocycles. The number of rotatable bonds is 4. The number of nitrogens with zero attached hydrogens (tertiary/aromatic N) is 2. The molecule has 1 heterocycles. The lowest BCUT2D eigenvalue weighted by atomic mass is 10.1. The van der Waals surface area contributed by atoms with Crippen LogP contribution in [-0.4, -0.2) is 37.4 Å². The minimum Gasteiger partial charge on any atom is -0.369 e.